The van der Waals surface area contributed by atoms with Gasteiger partial charge in [0.1, 0.15) is 21.8 Å². The molecule has 0 spiro atoms. The third kappa shape index (κ3) is 5.99. The number of anilines is 1. The molecule has 3 heterocycles. The van der Waals surface area contributed by atoms with Crippen molar-refractivity contribution in [3.63, 3.8) is 0 Å². The van der Waals surface area contributed by atoms with Gasteiger partial charge in [-0.3, -0.25) is 19.1 Å². The average molecular weight is 517 g/mol. The molecule has 2 unspecified atom stereocenters. The van der Waals surface area contributed by atoms with Crippen LogP contribution in [0.1, 0.15) is 63.6 Å². The quantitative estimate of drug-likeness (QED) is 0.271. The zero-order valence-electron chi connectivity index (χ0n) is 21.4. The third-order valence-electron chi connectivity index (χ3n) is 6.49. The van der Waals surface area contributed by atoms with E-state index in [9.17, 15) is 14.9 Å². The van der Waals surface area contributed by atoms with Crippen molar-refractivity contribution in [3.8, 4) is 6.07 Å². The maximum Gasteiger partial charge on any atom is 0.270 e. The molecule has 3 rings (SSSR count). The molecule has 2 atom stereocenters. The lowest BCUT2D eigenvalue weighted by Gasteiger charge is -2.39. The molecule has 1 aromatic heterocycles. The van der Waals surface area contributed by atoms with E-state index in [0.29, 0.717) is 59.3 Å². The fraction of sp³-hybridized carbons (Fsp3) is 0.615. The van der Waals surface area contributed by atoms with Crippen molar-refractivity contribution in [2.75, 3.05) is 37.7 Å². The first-order valence-electron chi connectivity index (χ1n) is 12.5. The van der Waals surface area contributed by atoms with Crippen LogP contribution < -0.4 is 10.5 Å². The highest BCUT2D eigenvalue weighted by Gasteiger charge is 2.34. The summed E-state index contributed by atoms with van der Waals surface area (Å²) in [6, 6.07) is 2.12. The Hall–Kier alpha value is -2.15. The van der Waals surface area contributed by atoms with Crippen molar-refractivity contribution >= 4 is 46.1 Å². The molecule has 0 N–H and O–H groups in total. The van der Waals surface area contributed by atoms with Crippen molar-refractivity contribution in [2.24, 2.45) is 11.8 Å². The van der Waals surface area contributed by atoms with E-state index in [-0.39, 0.29) is 17.0 Å². The van der Waals surface area contributed by atoms with E-state index in [4.69, 9.17) is 17.0 Å². The van der Waals surface area contributed by atoms with Crippen LogP contribution in [-0.2, 0) is 16.1 Å². The molecule has 2 aliphatic rings. The normalized spacial score (nSPS) is 21.8. The molecule has 9 heteroatoms. The Morgan fingerprint density at radius 3 is 2.49 bits per heavy atom. The molecule has 190 valence electrons. The zero-order valence-corrected chi connectivity index (χ0v) is 23.1. The number of rotatable bonds is 9. The molecule has 0 bridgehead atoms. The second-order valence-corrected chi connectivity index (χ2v) is 11.2. The standard InChI is InChI=1S/C26H36N4O3S2/c1-6-9-29-23(28-15-17(3)12-18(4)16-28)20(19(5)21(14-27)24(29)31)13-22-25(32)30(26(34)35-22)10-8-11-33-7-2/h13,17-18H,6-12,15-16H2,1-5H3/b22-13+. The van der Waals surface area contributed by atoms with Crippen LogP contribution in [0, 0.1) is 30.1 Å². The van der Waals surface area contributed by atoms with E-state index >= 15 is 0 Å². The minimum atomic E-state index is -0.256. The van der Waals surface area contributed by atoms with E-state index in [2.05, 4.69) is 24.8 Å². The Morgan fingerprint density at radius 1 is 1.20 bits per heavy atom. The number of aromatic nitrogens is 1. The second-order valence-electron chi connectivity index (χ2n) is 9.54. The summed E-state index contributed by atoms with van der Waals surface area (Å²) < 4.78 is 7.67. The molecular formula is C26H36N4O3S2. The van der Waals surface area contributed by atoms with E-state index in [1.54, 1.807) is 9.47 Å². The van der Waals surface area contributed by atoms with Crippen molar-refractivity contribution in [2.45, 2.75) is 60.4 Å². The monoisotopic (exact) mass is 516 g/mol. The third-order valence-corrected chi connectivity index (χ3v) is 7.86. The van der Waals surface area contributed by atoms with E-state index in [1.807, 2.05) is 26.8 Å². The van der Waals surface area contributed by atoms with Gasteiger partial charge in [0.15, 0.2) is 0 Å². The van der Waals surface area contributed by atoms with Crippen LogP contribution in [0.4, 0.5) is 5.82 Å². The molecule has 35 heavy (non-hydrogen) atoms. The number of nitriles is 1. The largest absolute Gasteiger partial charge is 0.382 e. The zero-order chi connectivity index (χ0) is 25.7. The maximum absolute atomic E-state index is 13.3. The van der Waals surface area contributed by atoms with Crippen LogP contribution in [0.2, 0.25) is 0 Å². The lowest BCUT2D eigenvalue weighted by Crippen LogP contribution is -2.43. The van der Waals surface area contributed by atoms with Gasteiger partial charge in [-0.25, -0.2) is 0 Å². The Balaban J connectivity index is 2.12. The molecule has 2 saturated heterocycles. The first-order valence-corrected chi connectivity index (χ1v) is 13.7. The highest BCUT2D eigenvalue weighted by Crippen LogP contribution is 2.37. The van der Waals surface area contributed by atoms with Gasteiger partial charge < -0.3 is 9.64 Å². The number of hydrogen-bond donors (Lipinski definition) is 0. The molecule has 1 aromatic rings. The minimum Gasteiger partial charge on any atom is -0.382 e. The molecule has 0 radical (unpaired) electrons. The summed E-state index contributed by atoms with van der Waals surface area (Å²) in [6.07, 6.45) is 4.46. The van der Waals surface area contributed by atoms with Gasteiger partial charge in [0.05, 0.1) is 4.91 Å². The predicted octanol–water partition coefficient (Wildman–Crippen LogP) is 4.55. The summed E-state index contributed by atoms with van der Waals surface area (Å²) >= 11 is 6.80. The molecule has 7 nitrogen and oxygen atoms in total. The molecule has 0 aromatic carbocycles. The lowest BCUT2D eigenvalue weighted by molar-refractivity contribution is -0.122. The lowest BCUT2D eigenvalue weighted by atomic mass is 9.91. The second kappa shape index (κ2) is 12.2. The molecular weight excluding hydrogens is 480 g/mol. The number of carbonyl (C=O) groups excluding carboxylic acids is 1. The summed E-state index contributed by atoms with van der Waals surface area (Å²) in [5, 5.41) is 9.83. The molecule has 0 aliphatic carbocycles. The van der Waals surface area contributed by atoms with Crippen LogP contribution in [0.5, 0.6) is 0 Å². The topological polar surface area (TPSA) is 78.6 Å². The average Bonchev–Trinajstić information content (AvgIpc) is 3.06. The van der Waals surface area contributed by atoms with Gasteiger partial charge in [0.25, 0.3) is 11.5 Å². The van der Waals surface area contributed by atoms with Crippen molar-refractivity contribution < 1.29 is 9.53 Å². The van der Waals surface area contributed by atoms with Crippen LogP contribution in [0.15, 0.2) is 9.70 Å². The van der Waals surface area contributed by atoms with Crippen LogP contribution in [0.3, 0.4) is 0 Å². The summed E-state index contributed by atoms with van der Waals surface area (Å²) in [5.41, 5.74) is 1.27. The summed E-state index contributed by atoms with van der Waals surface area (Å²) in [7, 11) is 0. The van der Waals surface area contributed by atoms with Crippen LogP contribution >= 0.6 is 24.0 Å². The minimum absolute atomic E-state index is 0.131. The number of hydrogen-bond acceptors (Lipinski definition) is 7. The first kappa shape index (κ1) is 27.4. The molecule has 0 saturated carbocycles. The van der Waals surface area contributed by atoms with E-state index in [0.717, 1.165) is 37.3 Å². The Labute approximate surface area is 218 Å². The summed E-state index contributed by atoms with van der Waals surface area (Å²) in [4.78, 5) is 31.1. The number of nitrogens with zero attached hydrogens (tertiary/aromatic N) is 4. The van der Waals surface area contributed by atoms with Crippen LogP contribution in [-0.4, -0.2) is 52.5 Å². The van der Waals surface area contributed by atoms with Gasteiger partial charge >= 0.3 is 0 Å². The van der Waals surface area contributed by atoms with Crippen molar-refractivity contribution in [1.29, 1.82) is 5.26 Å². The van der Waals surface area contributed by atoms with Crippen LogP contribution in [0.25, 0.3) is 6.08 Å². The summed E-state index contributed by atoms with van der Waals surface area (Å²) in [6.45, 7) is 14.1. The number of ether oxygens (including phenoxy) is 1. The van der Waals surface area contributed by atoms with Crippen molar-refractivity contribution in [1.82, 2.24) is 9.47 Å². The SMILES string of the molecule is CCCn1c(N2CC(C)CC(C)C2)c(/C=C2/SC(=S)N(CCCOCC)C2=O)c(C)c(C#N)c1=O. The Kier molecular flexibility index (Phi) is 9.56. The number of thiocarbonyl (C=S) groups is 1. The van der Waals surface area contributed by atoms with Crippen molar-refractivity contribution in [3.05, 3.63) is 31.9 Å². The van der Waals surface area contributed by atoms with E-state index in [1.165, 1.54) is 11.8 Å². The Bertz CT molecular complexity index is 1100. The van der Waals surface area contributed by atoms with E-state index < -0.39 is 0 Å². The number of thioether (sulfide) groups is 1. The maximum atomic E-state index is 13.3. The number of amides is 1. The smallest absolute Gasteiger partial charge is 0.270 e. The van der Waals surface area contributed by atoms with Gasteiger partial charge in [-0.2, -0.15) is 5.26 Å². The number of carbonyl (C=O) groups is 1. The Morgan fingerprint density at radius 2 is 1.89 bits per heavy atom. The van der Waals surface area contributed by atoms with Gasteiger partial charge in [0, 0.05) is 45.0 Å². The first-order chi connectivity index (χ1) is 16.7. The molecule has 2 aliphatic heterocycles. The number of piperidine rings is 1. The number of pyridine rings is 1. The fourth-order valence-electron chi connectivity index (χ4n) is 5.04. The highest BCUT2D eigenvalue weighted by atomic mass is 32.2. The fourth-order valence-corrected chi connectivity index (χ4v) is 6.34. The summed E-state index contributed by atoms with van der Waals surface area (Å²) in [5.74, 6) is 1.65. The van der Waals surface area contributed by atoms with Gasteiger partial charge in [0.2, 0.25) is 0 Å². The van der Waals surface area contributed by atoms with Gasteiger partial charge in [-0.15, -0.1) is 0 Å². The van der Waals surface area contributed by atoms with Gasteiger partial charge in [-0.05, 0) is 56.6 Å². The predicted molar refractivity (Wildman–Crippen MR) is 147 cm³/mol. The molecule has 1 amide bonds. The van der Waals surface area contributed by atoms with Gasteiger partial charge in [-0.1, -0.05) is 44.8 Å². The highest BCUT2D eigenvalue weighted by molar-refractivity contribution is 8.26. The molecule has 2 fully saturated rings.